The Morgan fingerprint density at radius 2 is 1.50 bits per heavy atom. The molecule has 0 atom stereocenters. The number of nitrogens with zero attached hydrogens (tertiary/aromatic N) is 2. The van der Waals surface area contributed by atoms with Gasteiger partial charge in [-0.15, -0.1) is 0 Å². The summed E-state index contributed by atoms with van der Waals surface area (Å²) in [5, 5.41) is 0. The molecule has 4 heteroatoms. The van der Waals surface area contributed by atoms with E-state index in [1.54, 1.807) is 0 Å². The number of unbranched alkanes of at least 4 members (excludes halogenated alkanes) is 3. The number of aromatic nitrogens is 2. The van der Waals surface area contributed by atoms with Crippen LogP contribution in [0.25, 0.3) is 0 Å². The van der Waals surface area contributed by atoms with Crippen molar-refractivity contribution in [2.24, 2.45) is 0 Å². The van der Waals surface area contributed by atoms with E-state index in [-0.39, 0.29) is 0 Å². The maximum absolute atomic E-state index is 5.51. The van der Waals surface area contributed by atoms with E-state index in [1.165, 1.54) is 49.3 Å². The van der Waals surface area contributed by atoms with E-state index >= 15 is 0 Å². The van der Waals surface area contributed by atoms with Gasteiger partial charge in [-0.05, 0) is 0 Å². The van der Waals surface area contributed by atoms with Crippen molar-refractivity contribution in [2.45, 2.75) is 72.6 Å². The average Bonchev–Trinajstić information content (AvgIpc) is 2.56. The van der Waals surface area contributed by atoms with Crippen LogP contribution in [-0.4, -0.2) is 35.0 Å². The second-order valence-corrected chi connectivity index (χ2v) is 19.0. The van der Waals surface area contributed by atoms with Gasteiger partial charge in [-0.1, -0.05) is 0 Å². The molecule has 0 aliphatic heterocycles. The van der Waals surface area contributed by atoms with Crippen molar-refractivity contribution in [3.05, 3.63) is 19.3 Å². The summed E-state index contributed by atoms with van der Waals surface area (Å²) in [6.45, 7) is 11.3. The molecule has 0 unspecified atom stereocenters. The summed E-state index contributed by atoms with van der Waals surface area (Å²) >= 11 is -2.48. The van der Waals surface area contributed by atoms with Gasteiger partial charge in [0.2, 0.25) is 0 Å². The monoisotopic (exact) mass is 413 g/mol. The molecule has 0 N–H and O–H groups in total. The van der Waals surface area contributed by atoms with Crippen LogP contribution in [0.5, 0.6) is 5.75 Å². The fourth-order valence-electron chi connectivity index (χ4n) is 3.04. The Kier molecular flexibility index (Phi) is 9.92. The first-order valence-electron chi connectivity index (χ1n) is 8.97. The second-order valence-electron chi connectivity index (χ2n) is 6.12. The Hall–Kier alpha value is -0.451. The van der Waals surface area contributed by atoms with Crippen molar-refractivity contribution < 1.29 is 4.74 Å². The van der Waals surface area contributed by atoms with Gasteiger partial charge in [0.25, 0.3) is 0 Å². The van der Waals surface area contributed by atoms with Crippen molar-refractivity contribution in [2.75, 3.05) is 6.61 Å². The third kappa shape index (κ3) is 5.98. The van der Waals surface area contributed by atoms with Crippen LogP contribution in [0.2, 0.25) is 13.3 Å². The van der Waals surface area contributed by atoms with E-state index in [2.05, 4.69) is 20.8 Å². The van der Waals surface area contributed by atoms with Gasteiger partial charge in [0.15, 0.2) is 0 Å². The Bertz CT molecular complexity index is 373. The van der Waals surface area contributed by atoms with E-state index in [1.807, 2.05) is 19.3 Å². The van der Waals surface area contributed by atoms with Crippen LogP contribution in [0.1, 0.15) is 59.3 Å². The van der Waals surface area contributed by atoms with E-state index in [0.29, 0.717) is 6.61 Å². The molecule has 0 saturated carbocycles. The molecule has 0 radical (unpaired) electrons. The van der Waals surface area contributed by atoms with Gasteiger partial charge in [0, 0.05) is 0 Å². The zero-order chi connectivity index (χ0) is 16.3. The Labute approximate surface area is 141 Å². The van der Waals surface area contributed by atoms with Crippen LogP contribution in [0.3, 0.4) is 0 Å². The Morgan fingerprint density at radius 1 is 0.955 bits per heavy atom. The molecule has 0 fully saturated rings. The Balaban J connectivity index is 3.01. The zero-order valence-corrected chi connectivity index (χ0v) is 17.6. The molecule has 3 nitrogen and oxygen atoms in total. The van der Waals surface area contributed by atoms with Crippen LogP contribution < -0.4 is 8.58 Å². The topological polar surface area (TPSA) is 35.0 Å². The van der Waals surface area contributed by atoms with Gasteiger partial charge in [-0.3, -0.25) is 0 Å². The molecule has 0 aromatic carbocycles. The van der Waals surface area contributed by atoms with Gasteiger partial charge < -0.3 is 0 Å². The van der Waals surface area contributed by atoms with Crippen molar-refractivity contribution >= 4 is 22.2 Å². The normalized spacial score (nSPS) is 11.6. The van der Waals surface area contributed by atoms with Crippen LogP contribution in [0.15, 0.2) is 12.4 Å². The van der Waals surface area contributed by atoms with Crippen LogP contribution in [-0.2, 0) is 0 Å². The third-order valence-electron chi connectivity index (χ3n) is 4.34. The SMILES string of the molecule is [CH2+]CC[CH2][Sn]([CH2]CCC)([CH2]CCC)[c]1ncc(OCC)cn1. The van der Waals surface area contributed by atoms with E-state index in [9.17, 15) is 0 Å². The number of hydrogen-bond donors (Lipinski definition) is 0. The molecule has 0 spiro atoms. The standard InChI is InChI=1S/C6H7N2O.2C4H9.C4H8.Sn/c1-2-9-6-3-7-5-8-4-6;3*1-3-4-2;/h3-4H,2H2,1H3;2*1,3-4H2,2H3;1-4H2;/q;;;+1;. The van der Waals surface area contributed by atoms with Crippen molar-refractivity contribution in [1.82, 2.24) is 9.97 Å². The molecule has 0 amide bonds. The van der Waals surface area contributed by atoms with E-state index in [0.717, 1.165) is 12.2 Å². The van der Waals surface area contributed by atoms with Gasteiger partial charge in [0.05, 0.1) is 0 Å². The van der Waals surface area contributed by atoms with Crippen LogP contribution >= 0.6 is 0 Å². The van der Waals surface area contributed by atoms with E-state index in [4.69, 9.17) is 14.7 Å². The predicted molar refractivity (Wildman–Crippen MR) is 97.4 cm³/mol. The summed E-state index contributed by atoms with van der Waals surface area (Å²) in [6.07, 6.45) is 11.2. The van der Waals surface area contributed by atoms with Crippen LogP contribution in [0.4, 0.5) is 0 Å². The van der Waals surface area contributed by atoms with Crippen molar-refractivity contribution in [3.8, 4) is 5.75 Å². The van der Waals surface area contributed by atoms with Crippen LogP contribution in [0, 0.1) is 6.92 Å². The summed E-state index contributed by atoms with van der Waals surface area (Å²) in [7, 11) is 0. The molecule has 0 aliphatic rings. The predicted octanol–water partition coefficient (Wildman–Crippen LogP) is 4.75. The summed E-state index contributed by atoms with van der Waals surface area (Å²) < 4.78 is 10.9. The number of rotatable bonds is 12. The minimum absolute atomic E-state index is 0.671. The number of ether oxygens (including phenoxy) is 1. The molecular formula is C18H33N2OSn+. The van der Waals surface area contributed by atoms with Gasteiger partial charge in [-0.25, -0.2) is 0 Å². The summed E-state index contributed by atoms with van der Waals surface area (Å²) in [4.78, 5) is 9.53. The molecule has 0 aliphatic carbocycles. The van der Waals surface area contributed by atoms with Gasteiger partial charge in [0.1, 0.15) is 0 Å². The van der Waals surface area contributed by atoms with Crippen molar-refractivity contribution in [1.29, 1.82) is 0 Å². The molecule has 22 heavy (non-hydrogen) atoms. The first kappa shape index (κ1) is 19.6. The number of hydrogen-bond acceptors (Lipinski definition) is 3. The summed E-state index contributed by atoms with van der Waals surface area (Å²) in [5.74, 6) is 0.801. The molecule has 0 bridgehead atoms. The van der Waals surface area contributed by atoms with E-state index < -0.39 is 18.4 Å². The first-order chi connectivity index (χ1) is 10.7. The molecule has 124 valence electrons. The minimum atomic E-state index is -2.48. The first-order valence-corrected chi connectivity index (χ1v) is 16.4. The molecule has 0 saturated heterocycles. The third-order valence-corrected chi connectivity index (χ3v) is 19.0. The van der Waals surface area contributed by atoms with Gasteiger partial charge >= 0.3 is 141 Å². The zero-order valence-electron chi connectivity index (χ0n) is 14.7. The van der Waals surface area contributed by atoms with Crippen molar-refractivity contribution in [3.63, 3.8) is 0 Å². The molecular weight excluding hydrogens is 379 g/mol. The summed E-state index contributed by atoms with van der Waals surface area (Å²) in [6, 6.07) is 0. The fourth-order valence-corrected chi connectivity index (χ4v) is 17.5. The Morgan fingerprint density at radius 3 is 1.95 bits per heavy atom. The molecule has 1 rings (SSSR count). The quantitative estimate of drug-likeness (QED) is 0.367. The molecule has 1 heterocycles. The summed E-state index contributed by atoms with van der Waals surface area (Å²) in [5.41, 5.74) is 0. The molecule has 1 aromatic rings. The second kappa shape index (κ2) is 11.1. The average molecular weight is 412 g/mol. The molecule has 1 aromatic heterocycles. The fraction of sp³-hybridized carbons (Fsp3) is 0.722. The van der Waals surface area contributed by atoms with Gasteiger partial charge in [-0.2, -0.15) is 0 Å². The maximum atomic E-state index is 5.51.